The topological polar surface area (TPSA) is 660 Å². The number of fused-ring (bicyclic) bond motifs is 20. The lowest BCUT2D eigenvalue weighted by Gasteiger charge is -2.38. The predicted molar refractivity (Wildman–Crippen MR) is 415 cm³/mol. The van der Waals surface area contributed by atoms with E-state index in [4.69, 9.17) is 55.6 Å². The van der Waals surface area contributed by atoms with Crippen molar-refractivity contribution in [2.45, 2.75) is 122 Å². The highest BCUT2D eigenvalue weighted by Gasteiger charge is 2.57. The molecule has 8 aliphatic heterocycles. The average molecular weight is 1710 g/mol. The summed E-state index contributed by atoms with van der Waals surface area (Å²) in [4.78, 5) is 51.2. The SMILES string of the molecule is O=c1cc(-c2cc(O)cc(O)c2)oc2c3c(cc(O)c12)O[C@H]1[C@@H](O)[C@H](O)[C@@H](CO)O[C@@H]31.O=c1cc(-c2ccc(O)c(O)c2)oc2c3c(cc(O)c12)O[C@H]1[C@@H](O)[C@H](O)[C@@H](CO)O[C@@H]31.O=c1cc(-c2ccc(O)c(O)c2)oc2c3c(cc(O)c12)O[C@H]1[C@@H](O)[C@H](O)[C@@H](CO)O[C@@H]31.O=c1cc(-c2ccc(O)cc2)oc2c3c(cc(O)c12)O[C@H]1[C@@H](O)[C@H](O)[C@@H](CO)O[C@@H]31. The lowest BCUT2D eigenvalue weighted by Crippen LogP contribution is -2.55. The molecule has 0 bridgehead atoms. The second-order valence-electron chi connectivity index (χ2n) is 30.0. The Hall–Kier alpha value is -13.0. The molecular weight excluding hydrogens is 1630 g/mol. The van der Waals surface area contributed by atoms with Gasteiger partial charge in [0.25, 0.3) is 0 Å². The summed E-state index contributed by atoms with van der Waals surface area (Å²) in [5.74, 6) is -2.87. The van der Waals surface area contributed by atoms with E-state index in [0.29, 0.717) is 11.1 Å². The number of phenolic OH excluding ortho intramolecular Hbond substituents is 11. The maximum absolute atomic E-state index is 12.8. The van der Waals surface area contributed by atoms with Crippen LogP contribution in [0.4, 0.5) is 0 Å². The smallest absolute Gasteiger partial charge is 0.197 e. The number of phenols is 11. The zero-order valence-corrected chi connectivity index (χ0v) is 62.8. The molecule has 0 radical (unpaired) electrons. The van der Waals surface area contributed by atoms with Gasteiger partial charge in [-0.15, -0.1) is 0 Å². The summed E-state index contributed by atoms with van der Waals surface area (Å²) < 4.78 is 69.4. The number of benzene rings is 8. The predicted octanol–water partition coefficient (Wildman–Crippen LogP) is 2.26. The number of aliphatic hydroxyl groups excluding tert-OH is 12. The second-order valence-corrected chi connectivity index (χ2v) is 30.0. The Balaban J connectivity index is 0.000000116. The van der Waals surface area contributed by atoms with Crippen LogP contribution >= 0.6 is 0 Å². The van der Waals surface area contributed by atoms with Crippen LogP contribution in [0.15, 0.2) is 164 Å². The third-order valence-electron chi connectivity index (χ3n) is 22.4. The first-order valence-corrected chi connectivity index (χ1v) is 37.7. The molecule has 20 rings (SSSR count). The van der Waals surface area contributed by atoms with Gasteiger partial charge >= 0.3 is 0 Å². The molecule has 0 saturated carbocycles. The van der Waals surface area contributed by atoms with Gasteiger partial charge in [-0.25, -0.2) is 0 Å². The van der Waals surface area contributed by atoms with Crippen LogP contribution in [-0.4, -0.2) is 242 Å². The minimum atomic E-state index is -1.40. The summed E-state index contributed by atoms with van der Waals surface area (Å²) in [6.45, 7) is -2.22. The number of ether oxygens (including phenoxy) is 8. The first-order chi connectivity index (χ1) is 58.8. The monoisotopic (exact) mass is 1700 g/mol. The Morgan fingerprint density at radius 3 is 0.756 bits per heavy atom. The molecule has 12 aromatic rings. The standard InChI is InChI=1S/3C21H18O10.C21H18O9/c22-6-14-17(27)18(28)21-20(31-14)16-13(30-21)5-11(26)15-10(25)4-12(29-19(15)16)7-1-8(23)3-9(24)2-7;2*22-6-14-17(27)18(28)21-20(31-14)16-13(30-21)5-11(26)15-10(25)4-12(29-19(15)16)7-1-2-8(23)9(24)3-7;22-7-14-17(26)18(27)21-20(30-14)16-13(29-21)6-11(25)15-10(24)5-12(28-19(15)16)8-1-3-9(23)4-2-8/h3*1-5,14,17-18,20-24,26-28H,6H2;1-6,14,17-18,20-23,25-27H,7H2/t4*14-,17-,18+,20+,21+/m1111/s1. The van der Waals surface area contributed by atoms with Crippen LogP contribution < -0.4 is 40.7 Å². The summed E-state index contributed by atoms with van der Waals surface area (Å²) in [6.07, 6.45) is -23.6. The summed E-state index contributed by atoms with van der Waals surface area (Å²) in [5, 5.41) is 229. The van der Waals surface area contributed by atoms with E-state index >= 15 is 0 Å². The van der Waals surface area contributed by atoms with Gasteiger partial charge < -0.3 is 173 Å². The fourth-order valence-electron chi connectivity index (χ4n) is 16.4. The van der Waals surface area contributed by atoms with E-state index in [1.807, 2.05) is 0 Å². The molecule has 0 aliphatic carbocycles. The first-order valence-electron chi connectivity index (χ1n) is 37.7. The molecule has 12 heterocycles. The Kier molecular flexibility index (Phi) is 21.0. The molecule has 4 aromatic heterocycles. The van der Waals surface area contributed by atoms with Gasteiger partial charge in [0.1, 0.15) is 205 Å². The zero-order valence-electron chi connectivity index (χ0n) is 62.8. The van der Waals surface area contributed by atoms with E-state index in [0.717, 1.165) is 24.3 Å². The summed E-state index contributed by atoms with van der Waals surface area (Å²) >= 11 is 0. The van der Waals surface area contributed by atoms with Crippen LogP contribution in [0.25, 0.3) is 89.2 Å². The minimum absolute atomic E-state index is 0.00458. The second kappa shape index (κ2) is 31.4. The van der Waals surface area contributed by atoms with Crippen molar-refractivity contribution in [3.05, 3.63) is 191 Å². The first kappa shape index (κ1) is 82.3. The molecule has 23 N–H and O–H groups in total. The van der Waals surface area contributed by atoms with E-state index < -0.39 is 199 Å². The number of hydrogen-bond acceptors (Lipinski definition) is 39. The zero-order chi connectivity index (χ0) is 87.2. The van der Waals surface area contributed by atoms with Gasteiger partial charge in [0.15, 0.2) is 91.5 Å². The molecule has 642 valence electrons. The Morgan fingerprint density at radius 1 is 0.244 bits per heavy atom. The molecule has 0 unspecified atom stereocenters. The maximum atomic E-state index is 12.8. The van der Waals surface area contributed by atoms with Crippen molar-refractivity contribution in [2.24, 2.45) is 0 Å². The van der Waals surface area contributed by atoms with E-state index in [2.05, 4.69) is 0 Å². The van der Waals surface area contributed by atoms with E-state index in [-0.39, 0.29) is 158 Å². The fraction of sp³-hybridized carbons (Fsp3) is 0.286. The fourth-order valence-corrected chi connectivity index (χ4v) is 16.4. The van der Waals surface area contributed by atoms with Gasteiger partial charge in [-0.1, -0.05) is 0 Å². The molecule has 123 heavy (non-hydrogen) atoms. The van der Waals surface area contributed by atoms with E-state index in [9.17, 15) is 137 Å². The van der Waals surface area contributed by atoms with Crippen molar-refractivity contribution in [2.75, 3.05) is 26.4 Å². The Morgan fingerprint density at radius 2 is 0.496 bits per heavy atom. The third kappa shape index (κ3) is 13.9. The van der Waals surface area contributed by atoms with Crippen molar-refractivity contribution in [1.29, 1.82) is 0 Å². The van der Waals surface area contributed by atoms with E-state index in [1.54, 1.807) is 12.1 Å². The molecule has 4 saturated heterocycles. The summed E-state index contributed by atoms with van der Waals surface area (Å²) in [5.41, 5.74) is -0.123. The number of hydrogen-bond donors (Lipinski definition) is 23. The van der Waals surface area contributed by atoms with Crippen LogP contribution in [0.5, 0.6) is 86.2 Å². The number of aromatic hydroxyl groups is 11. The lowest BCUT2D eigenvalue weighted by molar-refractivity contribution is -0.215. The van der Waals surface area contributed by atoms with Crippen molar-refractivity contribution < 1.29 is 173 Å². The Labute approximate surface area is 684 Å². The molecule has 20 atom stereocenters. The van der Waals surface area contributed by atoms with Crippen molar-refractivity contribution in [3.8, 4) is 132 Å². The highest BCUT2D eigenvalue weighted by Crippen LogP contribution is 2.56. The van der Waals surface area contributed by atoms with Crippen LogP contribution in [0, 0.1) is 0 Å². The molecule has 4 fully saturated rings. The number of aliphatic hydroxyl groups is 12. The van der Waals surface area contributed by atoms with Crippen LogP contribution in [0.1, 0.15) is 46.7 Å². The molecule has 8 aromatic carbocycles. The number of rotatable bonds is 8. The highest BCUT2D eigenvalue weighted by molar-refractivity contribution is 5.94. The Bertz CT molecular complexity index is 6260. The van der Waals surface area contributed by atoms with Gasteiger partial charge in [0.2, 0.25) is 0 Å². The van der Waals surface area contributed by atoms with Crippen molar-refractivity contribution in [1.82, 2.24) is 0 Å². The molecule has 39 heteroatoms. The third-order valence-corrected chi connectivity index (χ3v) is 22.4. The van der Waals surface area contributed by atoms with Gasteiger partial charge in [0.05, 0.1) is 48.7 Å². The summed E-state index contributed by atoms with van der Waals surface area (Å²) in [6, 6.07) is 26.9. The van der Waals surface area contributed by atoms with Gasteiger partial charge in [-0.2, -0.15) is 0 Å². The molecule has 0 spiro atoms. The lowest BCUT2D eigenvalue weighted by atomic mass is 9.92. The van der Waals surface area contributed by atoms with Crippen molar-refractivity contribution in [3.63, 3.8) is 0 Å². The average Bonchev–Trinajstić information content (AvgIpc) is 1.62. The molecular formula is C84H72O39. The van der Waals surface area contributed by atoms with Crippen LogP contribution in [0.2, 0.25) is 0 Å². The quantitative estimate of drug-likeness (QED) is 0.0970. The molecule has 0 amide bonds. The molecule has 8 aliphatic rings. The van der Waals surface area contributed by atoms with Crippen LogP contribution in [0.3, 0.4) is 0 Å². The highest BCUT2D eigenvalue weighted by atomic mass is 16.6. The van der Waals surface area contributed by atoms with E-state index in [1.165, 1.54) is 91.0 Å². The summed E-state index contributed by atoms with van der Waals surface area (Å²) in [7, 11) is 0. The van der Waals surface area contributed by atoms with Crippen LogP contribution in [-0.2, 0) is 18.9 Å². The maximum Gasteiger partial charge on any atom is 0.197 e. The largest absolute Gasteiger partial charge is 0.508 e. The van der Waals surface area contributed by atoms with Gasteiger partial charge in [-0.05, 0) is 72.8 Å². The minimum Gasteiger partial charge on any atom is -0.508 e. The van der Waals surface area contributed by atoms with Gasteiger partial charge in [-0.3, -0.25) is 19.2 Å². The van der Waals surface area contributed by atoms with Crippen molar-refractivity contribution >= 4 is 43.9 Å². The molecule has 39 nitrogen and oxygen atoms in total. The van der Waals surface area contributed by atoms with Gasteiger partial charge in [0, 0.05) is 76.9 Å². The normalized spacial score (nSPS) is 27.1.